The number of carboxylic acids is 1. The number of nitrogens with zero attached hydrogens (tertiary/aromatic N) is 1. The molecule has 0 aromatic carbocycles. The molecule has 5 nitrogen and oxygen atoms in total. The van der Waals surface area contributed by atoms with Crippen molar-refractivity contribution < 1.29 is 14.7 Å². The van der Waals surface area contributed by atoms with Gasteiger partial charge in [0, 0.05) is 24.5 Å². The van der Waals surface area contributed by atoms with Gasteiger partial charge in [-0.1, -0.05) is 6.42 Å². The third kappa shape index (κ3) is 3.10. The third-order valence-electron chi connectivity index (χ3n) is 3.83. The summed E-state index contributed by atoms with van der Waals surface area (Å²) in [7, 11) is 0. The fraction of sp³-hybridized carbons (Fsp3) is 0.500. The van der Waals surface area contributed by atoms with Crippen molar-refractivity contribution in [2.75, 3.05) is 6.54 Å². The van der Waals surface area contributed by atoms with Gasteiger partial charge in [0.2, 0.25) is 0 Å². The Morgan fingerprint density at radius 2 is 2.21 bits per heavy atom. The minimum Gasteiger partial charge on any atom is -0.481 e. The van der Waals surface area contributed by atoms with Crippen LogP contribution in [0.5, 0.6) is 0 Å². The van der Waals surface area contributed by atoms with Crippen LogP contribution in [0.15, 0.2) is 18.5 Å². The molecule has 1 saturated carbocycles. The van der Waals surface area contributed by atoms with Crippen molar-refractivity contribution in [3.63, 3.8) is 0 Å². The Labute approximate surface area is 112 Å². The number of hydrogen-bond donors (Lipinski definition) is 2. The normalized spacial score (nSPS) is 16.5. The molecule has 102 valence electrons. The molecule has 1 amide bonds. The summed E-state index contributed by atoms with van der Waals surface area (Å²) < 4.78 is 0. The molecule has 1 heterocycles. The molecule has 1 aromatic rings. The molecule has 0 atom stereocenters. The lowest BCUT2D eigenvalue weighted by molar-refractivity contribution is -0.141. The van der Waals surface area contributed by atoms with E-state index in [0.717, 1.165) is 24.8 Å². The van der Waals surface area contributed by atoms with Gasteiger partial charge in [-0.3, -0.25) is 14.6 Å². The van der Waals surface area contributed by atoms with Crippen LogP contribution >= 0.6 is 0 Å². The van der Waals surface area contributed by atoms with Gasteiger partial charge in [-0.15, -0.1) is 0 Å². The van der Waals surface area contributed by atoms with Crippen LogP contribution in [0, 0.1) is 12.3 Å². The van der Waals surface area contributed by atoms with E-state index in [0.29, 0.717) is 12.1 Å². The van der Waals surface area contributed by atoms with Crippen LogP contribution in [-0.4, -0.2) is 28.5 Å². The second kappa shape index (κ2) is 5.38. The van der Waals surface area contributed by atoms with E-state index >= 15 is 0 Å². The van der Waals surface area contributed by atoms with Gasteiger partial charge in [0.15, 0.2) is 0 Å². The first-order valence-corrected chi connectivity index (χ1v) is 6.43. The zero-order valence-corrected chi connectivity index (χ0v) is 11.0. The summed E-state index contributed by atoms with van der Waals surface area (Å²) in [4.78, 5) is 26.9. The average Bonchev–Trinajstić information content (AvgIpc) is 2.32. The number of aliphatic carboxylic acids is 1. The molecule has 2 rings (SSSR count). The van der Waals surface area contributed by atoms with Gasteiger partial charge >= 0.3 is 5.97 Å². The van der Waals surface area contributed by atoms with E-state index in [1.807, 2.05) is 6.92 Å². The van der Waals surface area contributed by atoms with Crippen molar-refractivity contribution in [2.24, 2.45) is 5.41 Å². The Kier molecular flexibility index (Phi) is 3.83. The Morgan fingerprint density at radius 1 is 1.47 bits per heavy atom. The molecule has 19 heavy (non-hydrogen) atoms. The fourth-order valence-corrected chi connectivity index (χ4v) is 2.50. The molecule has 0 radical (unpaired) electrons. The topological polar surface area (TPSA) is 79.3 Å². The molecule has 0 spiro atoms. The number of rotatable bonds is 5. The SMILES string of the molecule is Cc1cnccc1C(=O)NCC1(CC(=O)O)CCC1. The summed E-state index contributed by atoms with van der Waals surface area (Å²) in [6.45, 7) is 2.26. The molecular formula is C14H18N2O3. The second-order valence-electron chi connectivity index (χ2n) is 5.30. The van der Waals surface area contributed by atoms with Gasteiger partial charge < -0.3 is 10.4 Å². The Balaban J connectivity index is 1.97. The molecule has 0 saturated heterocycles. The maximum Gasteiger partial charge on any atom is 0.303 e. The quantitative estimate of drug-likeness (QED) is 0.847. The first-order chi connectivity index (χ1) is 9.02. The zero-order valence-electron chi connectivity index (χ0n) is 11.0. The molecule has 2 N–H and O–H groups in total. The van der Waals surface area contributed by atoms with E-state index in [4.69, 9.17) is 5.11 Å². The maximum absolute atomic E-state index is 12.1. The van der Waals surface area contributed by atoms with E-state index in [9.17, 15) is 9.59 Å². The number of carbonyl (C=O) groups excluding carboxylic acids is 1. The predicted molar refractivity (Wildman–Crippen MR) is 69.8 cm³/mol. The van der Waals surface area contributed by atoms with E-state index in [1.165, 1.54) is 0 Å². The summed E-state index contributed by atoms with van der Waals surface area (Å²) in [6, 6.07) is 1.68. The summed E-state index contributed by atoms with van der Waals surface area (Å²) in [6.07, 6.45) is 6.13. The summed E-state index contributed by atoms with van der Waals surface area (Å²) in [5.74, 6) is -0.953. The molecule has 1 fully saturated rings. The number of aryl methyl sites for hydroxylation is 1. The highest BCUT2D eigenvalue weighted by Crippen LogP contribution is 2.43. The minimum atomic E-state index is -0.797. The third-order valence-corrected chi connectivity index (χ3v) is 3.83. The highest BCUT2D eigenvalue weighted by atomic mass is 16.4. The van der Waals surface area contributed by atoms with Gasteiger partial charge in [0.25, 0.3) is 5.91 Å². The van der Waals surface area contributed by atoms with E-state index < -0.39 is 5.97 Å². The predicted octanol–water partition coefficient (Wildman–Crippen LogP) is 1.76. The number of nitrogens with one attached hydrogen (secondary N) is 1. The molecule has 0 unspecified atom stereocenters. The van der Waals surface area contributed by atoms with Crippen molar-refractivity contribution in [1.29, 1.82) is 0 Å². The Hall–Kier alpha value is -1.91. The minimum absolute atomic E-state index is 0.128. The monoisotopic (exact) mass is 262 g/mol. The van der Waals surface area contributed by atoms with Crippen LogP contribution in [0.2, 0.25) is 0 Å². The second-order valence-corrected chi connectivity index (χ2v) is 5.30. The van der Waals surface area contributed by atoms with Gasteiger partial charge in [0.1, 0.15) is 0 Å². The average molecular weight is 262 g/mol. The molecule has 0 bridgehead atoms. The van der Waals surface area contributed by atoms with E-state index in [-0.39, 0.29) is 17.7 Å². The van der Waals surface area contributed by atoms with Crippen LogP contribution in [-0.2, 0) is 4.79 Å². The zero-order chi connectivity index (χ0) is 13.9. The van der Waals surface area contributed by atoms with Crippen molar-refractivity contribution >= 4 is 11.9 Å². The number of carbonyl (C=O) groups is 2. The van der Waals surface area contributed by atoms with Gasteiger partial charge in [-0.05, 0) is 36.8 Å². The highest BCUT2D eigenvalue weighted by molar-refractivity contribution is 5.95. The maximum atomic E-state index is 12.1. The Bertz CT molecular complexity index is 495. The first-order valence-electron chi connectivity index (χ1n) is 6.43. The molecule has 1 aliphatic carbocycles. The van der Waals surface area contributed by atoms with Crippen LogP contribution < -0.4 is 5.32 Å². The summed E-state index contributed by atoms with van der Waals surface area (Å²) in [5.41, 5.74) is 1.17. The molecule has 1 aromatic heterocycles. The largest absolute Gasteiger partial charge is 0.481 e. The fourth-order valence-electron chi connectivity index (χ4n) is 2.50. The lowest BCUT2D eigenvalue weighted by Gasteiger charge is -2.40. The van der Waals surface area contributed by atoms with E-state index in [2.05, 4.69) is 10.3 Å². The van der Waals surface area contributed by atoms with Crippen LogP contribution in [0.3, 0.4) is 0 Å². The molecular weight excluding hydrogens is 244 g/mol. The Morgan fingerprint density at radius 3 is 2.74 bits per heavy atom. The van der Waals surface area contributed by atoms with Crippen molar-refractivity contribution in [3.8, 4) is 0 Å². The lowest BCUT2D eigenvalue weighted by atomic mass is 9.66. The van der Waals surface area contributed by atoms with Gasteiger partial charge in [0.05, 0.1) is 6.42 Å². The standard InChI is InChI=1S/C14H18N2O3/c1-10-8-15-6-3-11(10)13(19)16-9-14(4-2-5-14)7-12(17)18/h3,6,8H,2,4-5,7,9H2,1H3,(H,16,19)(H,17,18). The van der Waals surface area contributed by atoms with E-state index in [1.54, 1.807) is 18.5 Å². The molecule has 0 aliphatic heterocycles. The molecule has 1 aliphatic rings. The van der Waals surface area contributed by atoms with Crippen molar-refractivity contribution in [3.05, 3.63) is 29.6 Å². The number of amides is 1. The van der Waals surface area contributed by atoms with Gasteiger partial charge in [-0.2, -0.15) is 0 Å². The number of carboxylic acid groups (broad SMARTS) is 1. The molecule has 5 heteroatoms. The smallest absolute Gasteiger partial charge is 0.303 e. The van der Waals surface area contributed by atoms with Crippen LogP contribution in [0.4, 0.5) is 0 Å². The number of pyridine rings is 1. The number of hydrogen-bond acceptors (Lipinski definition) is 3. The van der Waals surface area contributed by atoms with Crippen molar-refractivity contribution in [1.82, 2.24) is 10.3 Å². The lowest BCUT2D eigenvalue weighted by Crippen LogP contribution is -2.43. The summed E-state index contributed by atoms with van der Waals surface area (Å²) in [5, 5.41) is 11.8. The van der Waals surface area contributed by atoms with Gasteiger partial charge in [-0.25, -0.2) is 0 Å². The number of aromatic nitrogens is 1. The van der Waals surface area contributed by atoms with Crippen LogP contribution in [0.1, 0.15) is 41.6 Å². The van der Waals surface area contributed by atoms with Crippen LogP contribution in [0.25, 0.3) is 0 Å². The van der Waals surface area contributed by atoms with Crippen molar-refractivity contribution in [2.45, 2.75) is 32.6 Å². The highest BCUT2D eigenvalue weighted by Gasteiger charge is 2.39. The summed E-state index contributed by atoms with van der Waals surface area (Å²) >= 11 is 0. The first kappa shape index (κ1) is 13.5.